The number of benzene rings is 1. The fraction of sp³-hybridized carbons (Fsp3) is 0.647. The van der Waals surface area contributed by atoms with Crippen LogP contribution in [0.3, 0.4) is 0 Å². The summed E-state index contributed by atoms with van der Waals surface area (Å²) in [4.78, 5) is 2.51. The van der Waals surface area contributed by atoms with Gasteiger partial charge in [0.2, 0.25) is 0 Å². The molecule has 0 aliphatic heterocycles. The Labute approximate surface area is 119 Å². The van der Waals surface area contributed by atoms with Crippen LogP contribution in [0, 0.1) is 0 Å². The van der Waals surface area contributed by atoms with Crippen LogP contribution in [0.25, 0.3) is 0 Å². The van der Waals surface area contributed by atoms with Crippen LogP contribution in [-0.2, 0) is 13.0 Å². The van der Waals surface area contributed by atoms with Gasteiger partial charge >= 0.3 is 0 Å². The van der Waals surface area contributed by atoms with Gasteiger partial charge in [0.25, 0.3) is 0 Å². The predicted octanol–water partition coefficient (Wildman–Crippen LogP) is 3.46. The molecule has 2 nitrogen and oxygen atoms in total. The summed E-state index contributed by atoms with van der Waals surface area (Å²) in [7, 11) is 0. The zero-order valence-corrected chi connectivity index (χ0v) is 13.1. The molecule has 0 saturated carbocycles. The Bertz CT molecular complexity index is 347. The summed E-state index contributed by atoms with van der Waals surface area (Å²) in [5, 5.41) is 3.49. The molecule has 0 fully saturated rings. The molecule has 0 radical (unpaired) electrons. The fourth-order valence-electron chi connectivity index (χ4n) is 2.36. The molecule has 0 spiro atoms. The molecule has 1 aromatic rings. The highest BCUT2D eigenvalue weighted by atomic mass is 15.1. The van der Waals surface area contributed by atoms with Crippen molar-refractivity contribution in [2.75, 3.05) is 19.6 Å². The lowest BCUT2D eigenvalue weighted by Crippen LogP contribution is -2.30. The van der Waals surface area contributed by atoms with Crippen LogP contribution < -0.4 is 5.32 Å². The van der Waals surface area contributed by atoms with E-state index in [0.29, 0.717) is 6.04 Å². The van der Waals surface area contributed by atoms with E-state index in [1.54, 1.807) is 0 Å². The molecule has 1 rings (SSSR count). The maximum atomic E-state index is 3.49. The summed E-state index contributed by atoms with van der Waals surface area (Å²) in [6.07, 6.45) is 2.34. The normalized spacial score (nSPS) is 11.5. The number of nitrogens with one attached hydrogen (secondary N) is 1. The van der Waals surface area contributed by atoms with Gasteiger partial charge in [0.15, 0.2) is 0 Å². The van der Waals surface area contributed by atoms with Gasteiger partial charge in [-0.3, -0.25) is 4.90 Å². The van der Waals surface area contributed by atoms with Gasteiger partial charge in [0.1, 0.15) is 0 Å². The molecule has 0 aliphatic rings. The molecule has 1 aromatic carbocycles. The Kier molecular flexibility index (Phi) is 7.76. The van der Waals surface area contributed by atoms with E-state index in [9.17, 15) is 0 Å². The van der Waals surface area contributed by atoms with Crippen molar-refractivity contribution in [2.45, 2.75) is 53.1 Å². The molecular formula is C17H30N2. The first kappa shape index (κ1) is 16.2. The van der Waals surface area contributed by atoms with Crippen LogP contribution in [0.5, 0.6) is 0 Å². The van der Waals surface area contributed by atoms with Crippen molar-refractivity contribution in [2.24, 2.45) is 0 Å². The maximum Gasteiger partial charge on any atom is 0.0239 e. The summed E-state index contributed by atoms with van der Waals surface area (Å²) in [5.74, 6) is 0. The van der Waals surface area contributed by atoms with Crippen molar-refractivity contribution < 1.29 is 0 Å². The van der Waals surface area contributed by atoms with E-state index in [1.165, 1.54) is 17.5 Å². The SMILES string of the molecule is CCCNCCc1ccccc1CN(CC)C(C)C. The second-order valence-electron chi connectivity index (χ2n) is 5.43. The van der Waals surface area contributed by atoms with E-state index < -0.39 is 0 Å². The third-order valence-electron chi connectivity index (χ3n) is 3.63. The van der Waals surface area contributed by atoms with E-state index in [4.69, 9.17) is 0 Å². The van der Waals surface area contributed by atoms with Crippen LogP contribution in [0.15, 0.2) is 24.3 Å². The molecule has 108 valence electrons. The number of nitrogens with zero attached hydrogens (tertiary/aromatic N) is 1. The van der Waals surface area contributed by atoms with E-state index in [0.717, 1.165) is 32.6 Å². The highest BCUT2D eigenvalue weighted by Crippen LogP contribution is 2.14. The number of hydrogen-bond donors (Lipinski definition) is 1. The second kappa shape index (κ2) is 9.11. The highest BCUT2D eigenvalue weighted by Gasteiger charge is 2.10. The molecule has 0 atom stereocenters. The molecule has 0 bridgehead atoms. The third kappa shape index (κ3) is 5.75. The summed E-state index contributed by atoms with van der Waals surface area (Å²) in [5.41, 5.74) is 2.97. The molecule has 0 unspecified atom stereocenters. The van der Waals surface area contributed by atoms with Crippen molar-refractivity contribution in [3.05, 3.63) is 35.4 Å². The fourth-order valence-corrected chi connectivity index (χ4v) is 2.36. The van der Waals surface area contributed by atoms with Gasteiger partial charge in [0.05, 0.1) is 0 Å². The number of rotatable bonds is 9. The first-order chi connectivity index (χ1) is 9.19. The van der Waals surface area contributed by atoms with Gasteiger partial charge < -0.3 is 5.32 Å². The van der Waals surface area contributed by atoms with Crippen molar-refractivity contribution in [3.63, 3.8) is 0 Å². The predicted molar refractivity (Wildman–Crippen MR) is 84.5 cm³/mol. The Balaban J connectivity index is 2.61. The lowest BCUT2D eigenvalue weighted by atomic mass is 10.0. The molecule has 0 aliphatic carbocycles. The van der Waals surface area contributed by atoms with E-state index in [2.05, 4.69) is 62.2 Å². The summed E-state index contributed by atoms with van der Waals surface area (Å²) >= 11 is 0. The first-order valence-electron chi connectivity index (χ1n) is 7.70. The van der Waals surface area contributed by atoms with E-state index in [1.807, 2.05) is 0 Å². The van der Waals surface area contributed by atoms with Crippen molar-refractivity contribution in [1.82, 2.24) is 10.2 Å². The minimum atomic E-state index is 0.608. The van der Waals surface area contributed by atoms with Crippen LogP contribution in [0.4, 0.5) is 0 Å². The molecule has 19 heavy (non-hydrogen) atoms. The Hall–Kier alpha value is -0.860. The zero-order chi connectivity index (χ0) is 14.1. The van der Waals surface area contributed by atoms with Gasteiger partial charge in [-0.25, -0.2) is 0 Å². The van der Waals surface area contributed by atoms with Gasteiger partial charge in [-0.05, 0) is 57.5 Å². The minimum absolute atomic E-state index is 0.608. The van der Waals surface area contributed by atoms with Crippen molar-refractivity contribution in [1.29, 1.82) is 0 Å². The maximum absolute atomic E-state index is 3.49. The van der Waals surface area contributed by atoms with Crippen LogP contribution in [-0.4, -0.2) is 30.6 Å². The van der Waals surface area contributed by atoms with Gasteiger partial charge in [-0.15, -0.1) is 0 Å². The van der Waals surface area contributed by atoms with Gasteiger partial charge in [-0.1, -0.05) is 38.1 Å². The van der Waals surface area contributed by atoms with E-state index >= 15 is 0 Å². The lowest BCUT2D eigenvalue weighted by Gasteiger charge is -2.26. The molecular weight excluding hydrogens is 232 g/mol. The minimum Gasteiger partial charge on any atom is -0.316 e. The smallest absolute Gasteiger partial charge is 0.0239 e. The van der Waals surface area contributed by atoms with Crippen LogP contribution in [0.2, 0.25) is 0 Å². The summed E-state index contributed by atoms with van der Waals surface area (Å²) in [6.45, 7) is 13.4. The number of hydrogen-bond acceptors (Lipinski definition) is 2. The topological polar surface area (TPSA) is 15.3 Å². The average Bonchev–Trinajstić information content (AvgIpc) is 2.42. The standard InChI is InChI=1S/C17H30N2/c1-5-12-18-13-11-16-9-7-8-10-17(16)14-19(6-2)15(3)4/h7-10,15,18H,5-6,11-14H2,1-4H3. The Morgan fingerprint density at radius 2 is 1.74 bits per heavy atom. The molecule has 2 heteroatoms. The summed E-state index contributed by atoms with van der Waals surface area (Å²) < 4.78 is 0. The molecule has 0 amide bonds. The van der Waals surface area contributed by atoms with E-state index in [-0.39, 0.29) is 0 Å². The van der Waals surface area contributed by atoms with Gasteiger partial charge in [-0.2, -0.15) is 0 Å². The highest BCUT2D eigenvalue weighted by molar-refractivity contribution is 5.27. The third-order valence-corrected chi connectivity index (χ3v) is 3.63. The Morgan fingerprint density at radius 3 is 2.32 bits per heavy atom. The van der Waals surface area contributed by atoms with Crippen LogP contribution >= 0.6 is 0 Å². The zero-order valence-electron chi connectivity index (χ0n) is 13.1. The van der Waals surface area contributed by atoms with Gasteiger partial charge in [0, 0.05) is 12.6 Å². The first-order valence-corrected chi connectivity index (χ1v) is 7.70. The average molecular weight is 262 g/mol. The van der Waals surface area contributed by atoms with Crippen molar-refractivity contribution >= 4 is 0 Å². The molecule has 0 aromatic heterocycles. The largest absolute Gasteiger partial charge is 0.316 e. The monoisotopic (exact) mass is 262 g/mol. The lowest BCUT2D eigenvalue weighted by molar-refractivity contribution is 0.224. The molecule has 1 N–H and O–H groups in total. The second-order valence-corrected chi connectivity index (χ2v) is 5.43. The molecule has 0 saturated heterocycles. The summed E-state index contributed by atoms with van der Waals surface area (Å²) in [6, 6.07) is 9.48. The Morgan fingerprint density at radius 1 is 1.05 bits per heavy atom. The quantitative estimate of drug-likeness (QED) is 0.686. The molecule has 0 heterocycles. The van der Waals surface area contributed by atoms with Crippen molar-refractivity contribution in [3.8, 4) is 0 Å². The van der Waals surface area contributed by atoms with Crippen LogP contribution in [0.1, 0.15) is 45.2 Å².